The number of anilines is 1. The molecule has 2 amide bonds. The summed E-state index contributed by atoms with van der Waals surface area (Å²) in [6.45, 7) is 4.51. The molecule has 3 N–H and O–H groups in total. The summed E-state index contributed by atoms with van der Waals surface area (Å²) in [5.41, 5.74) is 4.24. The van der Waals surface area contributed by atoms with E-state index in [2.05, 4.69) is 42.2 Å². The predicted octanol–water partition coefficient (Wildman–Crippen LogP) is 3.74. The van der Waals surface area contributed by atoms with Crippen LogP contribution in [0.25, 0.3) is 33.4 Å². The third-order valence-corrected chi connectivity index (χ3v) is 11.5. The fraction of sp³-hybridized carbons (Fsp3) is 0.333. The normalized spacial score (nSPS) is 17.2. The SMILES string of the molecule is Cc1nn(C2CCC(=O)NC2=O)c(=O)c2ccc(NCCOCCOCC(=O)C3CC(COc4ccnc(-c5ccc(Cn6nc(-c7cccc(C#N)c7)ccc6=O)cc5)n4)CCN3)cc12. The number of amides is 2. The number of hydrogen-bond acceptors (Lipinski definition) is 15. The van der Waals surface area contributed by atoms with Crippen LogP contribution in [0, 0.1) is 24.2 Å². The summed E-state index contributed by atoms with van der Waals surface area (Å²) >= 11 is 0. The van der Waals surface area contributed by atoms with Gasteiger partial charge in [-0.05, 0) is 80.6 Å². The first-order chi connectivity index (χ1) is 32.1. The summed E-state index contributed by atoms with van der Waals surface area (Å²) in [4.78, 5) is 71.9. The molecule has 8 rings (SSSR count). The van der Waals surface area contributed by atoms with Crippen LogP contribution in [0.15, 0.2) is 101 Å². The fourth-order valence-electron chi connectivity index (χ4n) is 7.97. The number of ketones is 1. The molecule has 0 saturated carbocycles. The van der Waals surface area contributed by atoms with E-state index in [1.54, 1.807) is 55.6 Å². The number of aromatic nitrogens is 6. The maximum absolute atomic E-state index is 13.2. The van der Waals surface area contributed by atoms with Crippen LogP contribution >= 0.6 is 0 Å². The number of fused-ring (bicyclic) bond motifs is 1. The highest BCUT2D eigenvalue weighted by Crippen LogP contribution is 2.24. The number of piperidine rings is 2. The van der Waals surface area contributed by atoms with Crippen LogP contribution in [0.5, 0.6) is 5.88 Å². The van der Waals surface area contributed by atoms with E-state index in [0.29, 0.717) is 78.8 Å². The molecule has 2 saturated heterocycles. The highest BCUT2D eigenvalue weighted by molar-refractivity contribution is 5.99. The van der Waals surface area contributed by atoms with E-state index >= 15 is 0 Å². The number of imide groups is 1. The molecule has 18 nitrogen and oxygen atoms in total. The van der Waals surface area contributed by atoms with Gasteiger partial charge in [-0.3, -0.25) is 29.3 Å². The lowest BCUT2D eigenvalue weighted by Crippen LogP contribution is -2.46. The molecule has 2 aliphatic rings. The van der Waals surface area contributed by atoms with Crippen molar-refractivity contribution in [3.8, 4) is 34.6 Å². The first-order valence-electron chi connectivity index (χ1n) is 21.8. The summed E-state index contributed by atoms with van der Waals surface area (Å²) in [5.74, 6) is 0.150. The van der Waals surface area contributed by atoms with Gasteiger partial charge in [0.05, 0.1) is 67.4 Å². The summed E-state index contributed by atoms with van der Waals surface area (Å²) < 4.78 is 20.0. The van der Waals surface area contributed by atoms with Crippen LogP contribution in [0.3, 0.4) is 0 Å². The van der Waals surface area contributed by atoms with Gasteiger partial charge in [0, 0.05) is 53.5 Å². The van der Waals surface area contributed by atoms with Crippen molar-refractivity contribution < 1.29 is 28.6 Å². The molecule has 18 heteroatoms. The number of carbonyl (C=O) groups is 3. The molecular weight excluding hydrogens is 845 g/mol. The van der Waals surface area contributed by atoms with E-state index in [9.17, 15) is 29.2 Å². The third kappa shape index (κ3) is 11.1. The Hall–Kier alpha value is -7.46. The Morgan fingerprint density at radius 2 is 1.76 bits per heavy atom. The number of Topliss-reactive ketones (excluding diaryl/α,β-unsaturated/α-hetero) is 1. The van der Waals surface area contributed by atoms with E-state index < -0.39 is 17.5 Å². The van der Waals surface area contributed by atoms with E-state index in [1.165, 1.54) is 15.4 Å². The minimum Gasteiger partial charge on any atom is -0.477 e. The van der Waals surface area contributed by atoms with Crippen LogP contribution in [-0.4, -0.2) is 99.3 Å². The lowest BCUT2D eigenvalue weighted by molar-refractivity contribution is -0.136. The first-order valence-corrected chi connectivity index (χ1v) is 21.8. The molecule has 3 aromatic carbocycles. The number of nitriles is 1. The molecule has 338 valence electrons. The number of rotatable bonds is 18. The molecule has 6 aromatic rings. The minimum atomic E-state index is -0.829. The zero-order chi connectivity index (χ0) is 46.0. The number of aryl methyl sites for hydroxylation is 1. The topological polar surface area (TPSA) is 234 Å². The first kappa shape index (κ1) is 45.1. The molecule has 3 unspecified atom stereocenters. The summed E-state index contributed by atoms with van der Waals surface area (Å²) in [6.07, 6.45) is 3.47. The van der Waals surface area contributed by atoms with E-state index in [4.69, 9.17) is 14.2 Å². The van der Waals surface area contributed by atoms with Gasteiger partial charge in [-0.1, -0.05) is 36.4 Å². The lowest BCUT2D eigenvalue weighted by Gasteiger charge is -2.29. The van der Waals surface area contributed by atoms with E-state index in [1.807, 2.05) is 36.4 Å². The van der Waals surface area contributed by atoms with Gasteiger partial charge in [-0.2, -0.15) is 20.4 Å². The van der Waals surface area contributed by atoms with Gasteiger partial charge in [-0.25, -0.2) is 14.3 Å². The average molecular weight is 893 g/mol. The Bertz CT molecular complexity index is 2910. The molecule has 3 aromatic heterocycles. The highest BCUT2D eigenvalue weighted by atomic mass is 16.5. The maximum atomic E-state index is 13.2. The van der Waals surface area contributed by atoms with Crippen molar-refractivity contribution in [3.05, 3.63) is 129 Å². The Labute approximate surface area is 378 Å². The second kappa shape index (κ2) is 21.0. The molecule has 0 bridgehead atoms. The second-order valence-corrected chi connectivity index (χ2v) is 16.2. The quantitative estimate of drug-likeness (QED) is 0.0824. The van der Waals surface area contributed by atoms with Gasteiger partial charge in [0.2, 0.25) is 11.8 Å². The molecular formula is C48H48N10O8. The fourth-order valence-corrected chi connectivity index (χ4v) is 7.97. The molecule has 2 aliphatic heterocycles. The Morgan fingerprint density at radius 1 is 0.909 bits per heavy atom. The van der Waals surface area contributed by atoms with Crippen LogP contribution in [-0.2, 0) is 30.4 Å². The number of nitrogens with zero attached hydrogens (tertiary/aromatic N) is 7. The zero-order valence-electron chi connectivity index (χ0n) is 36.3. The predicted molar refractivity (Wildman–Crippen MR) is 243 cm³/mol. The summed E-state index contributed by atoms with van der Waals surface area (Å²) in [6, 6.07) is 25.8. The van der Waals surface area contributed by atoms with E-state index in [-0.39, 0.29) is 61.8 Å². The van der Waals surface area contributed by atoms with Gasteiger partial charge in [0.1, 0.15) is 12.6 Å². The minimum absolute atomic E-state index is 0.0298. The number of hydrogen-bond donors (Lipinski definition) is 3. The molecule has 5 heterocycles. The lowest BCUT2D eigenvalue weighted by atomic mass is 9.91. The van der Waals surface area contributed by atoms with Crippen molar-refractivity contribution in [2.24, 2.45) is 5.92 Å². The van der Waals surface area contributed by atoms with Crippen molar-refractivity contribution in [1.29, 1.82) is 5.26 Å². The largest absolute Gasteiger partial charge is 0.477 e. The van der Waals surface area contributed by atoms with Gasteiger partial charge >= 0.3 is 0 Å². The molecule has 0 radical (unpaired) electrons. The monoisotopic (exact) mass is 892 g/mol. The van der Waals surface area contributed by atoms with Gasteiger partial charge in [0.15, 0.2) is 11.6 Å². The Morgan fingerprint density at radius 3 is 2.59 bits per heavy atom. The van der Waals surface area contributed by atoms with E-state index in [0.717, 1.165) is 28.8 Å². The second-order valence-electron chi connectivity index (χ2n) is 16.2. The molecule has 66 heavy (non-hydrogen) atoms. The van der Waals surface area contributed by atoms with Crippen molar-refractivity contribution in [2.45, 2.75) is 51.2 Å². The summed E-state index contributed by atoms with van der Waals surface area (Å²) in [7, 11) is 0. The number of benzene rings is 3. The molecule has 0 spiro atoms. The standard InChI is InChI=1S/C48H48N10O8/c1-30-38-25-36(9-10-37(38)48(63)58(55-30)41-12-13-43(60)53-47(41)62)50-19-20-64-21-22-65-29-42(59)40-24-33(15-17-51-40)28-66-44-16-18-52-46(54-44)34-7-5-31(6-8-34)27-57-45(61)14-11-39(56-57)35-4-2-3-32(23-35)26-49/h2-11,14,16,18,23,25,33,40-41,50-51H,12-13,15,17,19-22,24,27-29H2,1H3,(H,53,60,62). The smallest absolute Gasteiger partial charge is 0.275 e. The van der Waals surface area contributed by atoms with Crippen molar-refractivity contribution in [1.82, 2.24) is 40.2 Å². The number of nitrogens with one attached hydrogen (secondary N) is 3. The zero-order valence-corrected chi connectivity index (χ0v) is 36.3. The maximum Gasteiger partial charge on any atom is 0.275 e. The van der Waals surface area contributed by atoms with Crippen molar-refractivity contribution in [2.75, 3.05) is 51.4 Å². The molecule has 2 fully saturated rings. The van der Waals surface area contributed by atoms with Crippen molar-refractivity contribution in [3.63, 3.8) is 0 Å². The van der Waals surface area contributed by atoms with Gasteiger partial charge in [-0.15, -0.1) is 0 Å². The number of ether oxygens (including phenoxy) is 3. The number of carbonyl (C=O) groups excluding carboxylic acids is 3. The van der Waals surface area contributed by atoms with Gasteiger partial charge in [0.25, 0.3) is 17.0 Å². The average Bonchev–Trinajstić information content (AvgIpc) is 3.34. The van der Waals surface area contributed by atoms with Gasteiger partial charge < -0.3 is 24.8 Å². The van der Waals surface area contributed by atoms with Crippen LogP contribution < -0.4 is 31.8 Å². The van der Waals surface area contributed by atoms with Crippen LogP contribution in [0.1, 0.15) is 48.5 Å². The Kier molecular flexibility index (Phi) is 14.4. The highest BCUT2D eigenvalue weighted by Gasteiger charge is 2.31. The van der Waals surface area contributed by atoms with Crippen LogP contribution in [0.2, 0.25) is 0 Å². The van der Waals surface area contributed by atoms with Crippen molar-refractivity contribution >= 4 is 34.1 Å². The third-order valence-electron chi connectivity index (χ3n) is 11.5. The molecule has 0 aliphatic carbocycles. The summed E-state index contributed by atoms with van der Waals surface area (Å²) in [5, 5.41) is 28.2. The Balaban J connectivity index is 0.735. The molecule has 3 atom stereocenters. The van der Waals surface area contributed by atoms with Crippen LogP contribution in [0.4, 0.5) is 5.69 Å².